The maximum atomic E-state index is 13.3. The van der Waals surface area contributed by atoms with E-state index in [9.17, 15) is 13.2 Å². The fourth-order valence-corrected chi connectivity index (χ4v) is 6.25. The predicted molar refractivity (Wildman–Crippen MR) is 131 cm³/mol. The molecule has 0 radical (unpaired) electrons. The zero-order valence-electron chi connectivity index (χ0n) is 19.0. The second-order valence-electron chi connectivity index (χ2n) is 7.59. The van der Waals surface area contributed by atoms with Crippen molar-refractivity contribution in [3.05, 3.63) is 50.6 Å². The Hall–Kier alpha value is -1.72. The first kappa shape index (κ1) is 24.9. The van der Waals surface area contributed by atoms with Crippen molar-refractivity contribution in [3.63, 3.8) is 0 Å². The Kier molecular flexibility index (Phi) is 8.16. The van der Waals surface area contributed by atoms with Gasteiger partial charge in [0.25, 0.3) is 5.56 Å². The fourth-order valence-electron chi connectivity index (χ4n) is 3.24. The summed E-state index contributed by atoms with van der Waals surface area (Å²) in [6.45, 7) is 7.66. The van der Waals surface area contributed by atoms with Crippen molar-refractivity contribution in [3.8, 4) is 0 Å². The van der Waals surface area contributed by atoms with Crippen molar-refractivity contribution in [2.24, 2.45) is 0 Å². The Morgan fingerprint density at radius 3 is 2.69 bits per heavy atom. The lowest BCUT2D eigenvalue weighted by Gasteiger charge is -2.14. The molecule has 0 aliphatic rings. The van der Waals surface area contributed by atoms with Gasteiger partial charge in [-0.15, -0.1) is 11.3 Å². The molecule has 0 bridgehead atoms. The molecule has 0 spiro atoms. The van der Waals surface area contributed by atoms with Crippen molar-refractivity contribution in [2.75, 3.05) is 27.3 Å². The third kappa shape index (κ3) is 5.26. The number of aryl methyl sites for hydroxylation is 2. The highest BCUT2D eigenvalue weighted by molar-refractivity contribution is 7.98. The highest BCUT2D eigenvalue weighted by Crippen LogP contribution is 2.30. The lowest BCUT2D eigenvalue weighted by Crippen LogP contribution is -2.24. The molecule has 10 heteroatoms. The van der Waals surface area contributed by atoms with Crippen LogP contribution >= 0.6 is 23.1 Å². The van der Waals surface area contributed by atoms with E-state index >= 15 is 0 Å². The number of thiophene rings is 1. The predicted octanol–water partition coefficient (Wildman–Crippen LogP) is 4.04. The summed E-state index contributed by atoms with van der Waals surface area (Å²) in [7, 11) is -0.473. The van der Waals surface area contributed by atoms with E-state index in [2.05, 4.69) is 0 Å². The van der Waals surface area contributed by atoms with Gasteiger partial charge < -0.3 is 4.74 Å². The normalized spacial score (nSPS) is 12.2. The standard InChI is InChI=1S/C22H29N3O4S3/c1-6-29-12-8-11-25-21(26)19-15(2)16(3)31-20(19)23-22(25)30-14-17-9-7-10-18(13-17)32(27,28)24(4)5/h7,9-10,13H,6,8,11-12,14H2,1-5H3. The van der Waals surface area contributed by atoms with Crippen LogP contribution in [0.5, 0.6) is 0 Å². The molecule has 32 heavy (non-hydrogen) atoms. The Morgan fingerprint density at radius 1 is 1.25 bits per heavy atom. The molecule has 0 amide bonds. The molecule has 0 aliphatic carbocycles. The second kappa shape index (κ2) is 10.5. The first-order valence-electron chi connectivity index (χ1n) is 10.4. The average Bonchev–Trinajstić information content (AvgIpc) is 3.04. The number of sulfonamides is 1. The summed E-state index contributed by atoms with van der Waals surface area (Å²) in [5, 5.41) is 1.33. The number of fused-ring (bicyclic) bond motifs is 1. The van der Waals surface area contributed by atoms with Gasteiger partial charge in [-0.2, -0.15) is 0 Å². The van der Waals surface area contributed by atoms with Gasteiger partial charge in [0, 0.05) is 44.5 Å². The smallest absolute Gasteiger partial charge is 0.263 e. The highest BCUT2D eigenvalue weighted by atomic mass is 32.2. The van der Waals surface area contributed by atoms with E-state index in [4.69, 9.17) is 9.72 Å². The van der Waals surface area contributed by atoms with E-state index in [1.165, 1.54) is 41.5 Å². The van der Waals surface area contributed by atoms with E-state index in [0.29, 0.717) is 42.5 Å². The van der Waals surface area contributed by atoms with E-state index in [1.54, 1.807) is 22.8 Å². The van der Waals surface area contributed by atoms with Crippen LogP contribution in [0, 0.1) is 13.8 Å². The molecule has 0 saturated heterocycles. The number of rotatable bonds is 10. The van der Waals surface area contributed by atoms with Gasteiger partial charge in [0.2, 0.25) is 10.0 Å². The molecule has 7 nitrogen and oxygen atoms in total. The maximum Gasteiger partial charge on any atom is 0.263 e. The van der Waals surface area contributed by atoms with Gasteiger partial charge in [-0.05, 0) is 50.5 Å². The summed E-state index contributed by atoms with van der Waals surface area (Å²) >= 11 is 2.98. The van der Waals surface area contributed by atoms with Crippen LogP contribution in [0.1, 0.15) is 29.3 Å². The molecule has 174 valence electrons. The third-order valence-corrected chi connectivity index (χ3v) is 9.13. The van der Waals surface area contributed by atoms with Crippen molar-refractivity contribution in [1.82, 2.24) is 13.9 Å². The molecule has 0 N–H and O–H groups in total. The Labute approximate surface area is 197 Å². The number of hydrogen-bond acceptors (Lipinski definition) is 7. The van der Waals surface area contributed by atoms with Gasteiger partial charge in [-0.25, -0.2) is 17.7 Å². The lowest BCUT2D eigenvalue weighted by molar-refractivity contribution is 0.140. The van der Waals surface area contributed by atoms with E-state index in [0.717, 1.165) is 20.8 Å². The molecule has 0 aliphatic heterocycles. The van der Waals surface area contributed by atoms with Gasteiger partial charge in [0.05, 0.1) is 10.3 Å². The van der Waals surface area contributed by atoms with Crippen LogP contribution in [-0.4, -0.2) is 49.6 Å². The first-order valence-corrected chi connectivity index (χ1v) is 13.6. The maximum absolute atomic E-state index is 13.3. The molecular formula is C22H29N3O4S3. The number of nitrogens with zero attached hydrogens (tertiary/aromatic N) is 3. The summed E-state index contributed by atoms with van der Waals surface area (Å²) in [6.07, 6.45) is 0.715. The molecule has 0 unspecified atom stereocenters. The highest BCUT2D eigenvalue weighted by Gasteiger charge is 2.19. The molecule has 3 aromatic rings. The molecule has 3 rings (SSSR count). The van der Waals surface area contributed by atoms with Crippen LogP contribution in [0.15, 0.2) is 39.1 Å². The van der Waals surface area contributed by atoms with Gasteiger partial charge in [-0.1, -0.05) is 23.9 Å². The molecule has 0 fully saturated rings. The van der Waals surface area contributed by atoms with Gasteiger partial charge in [-0.3, -0.25) is 9.36 Å². The molecule has 2 aromatic heterocycles. The minimum atomic E-state index is -3.50. The van der Waals surface area contributed by atoms with Crippen molar-refractivity contribution < 1.29 is 13.2 Å². The summed E-state index contributed by atoms with van der Waals surface area (Å²) in [5.74, 6) is 0.504. The molecule has 0 saturated carbocycles. The van der Waals surface area contributed by atoms with Crippen molar-refractivity contribution in [2.45, 2.75) is 49.5 Å². The Balaban J connectivity index is 1.93. The Morgan fingerprint density at radius 2 is 2.00 bits per heavy atom. The number of aromatic nitrogens is 2. The quantitative estimate of drug-likeness (QED) is 0.240. The van der Waals surface area contributed by atoms with Gasteiger partial charge in [0.1, 0.15) is 4.83 Å². The minimum Gasteiger partial charge on any atom is -0.382 e. The minimum absolute atomic E-state index is 0.0280. The van der Waals surface area contributed by atoms with E-state index < -0.39 is 10.0 Å². The average molecular weight is 496 g/mol. The van der Waals surface area contributed by atoms with E-state index in [-0.39, 0.29) is 10.5 Å². The van der Waals surface area contributed by atoms with Crippen molar-refractivity contribution in [1.29, 1.82) is 0 Å². The monoisotopic (exact) mass is 495 g/mol. The van der Waals surface area contributed by atoms with Crippen LogP contribution in [-0.2, 0) is 27.1 Å². The van der Waals surface area contributed by atoms with Crippen LogP contribution in [0.2, 0.25) is 0 Å². The number of ether oxygens (including phenoxy) is 1. The van der Waals surface area contributed by atoms with Crippen LogP contribution in [0.4, 0.5) is 0 Å². The third-order valence-electron chi connectivity index (χ3n) is 5.17. The summed E-state index contributed by atoms with van der Waals surface area (Å²) in [4.78, 5) is 20.2. The zero-order chi connectivity index (χ0) is 23.5. The molecule has 2 heterocycles. The SMILES string of the molecule is CCOCCCn1c(SCc2cccc(S(=O)(=O)N(C)C)c2)nc2sc(C)c(C)c2c1=O. The largest absolute Gasteiger partial charge is 0.382 e. The number of benzene rings is 1. The van der Waals surface area contributed by atoms with Crippen LogP contribution in [0.3, 0.4) is 0 Å². The summed E-state index contributed by atoms with van der Waals surface area (Å²) < 4.78 is 33.3. The van der Waals surface area contributed by atoms with E-state index in [1.807, 2.05) is 26.8 Å². The number of hydrogen-bond donors (Lipinski definition) is 0. The lowest BCUT2D eigenvalue weighted by atomic mass is 10.2. The zero-order valence-corrected chi connectivity index (χ0v) is 21.5. The second-order valence-corrected chi connectivity index (χ2v) is 11.9. The van der Waals surface area contributed by atoms with Gasteiger partial charge >= 0.3 is 0 Å². The Bertz CT molecular complexity index is 1260. The van der Waals surface area contributed by atoms with Crippen molar-refractivity contribution >= 4 is 43.3 Å². The van der Waals surface area contributed by atoms with Crippen LogP contribution < -0.4 is 5.56 Å². The fraction of sp³-hybridized carbons (Fsp3) is 0.455. The first-order chi connectivity index (χ1) is 15.2. The molecule has 1 aromatic carbocycles. The summed E-state index contributed by atoms with van der Waals surface area (Å²) in [6, 6.07) is 6.90. The van der Waals surface area contributed by atoms with Gasteiger partial charge in [0.15, 0.2) is 5.16 Å². The number of thioether (sulfide) groups is 1. The van der Waals surface area contributed by atoms with Crippen LogP contribution in [0.25, 0.3) is 10.2 Å². The molecular weight excluding hydrogens is 466 g/mol. The topological polar surface area (TPSA) is 81.5 Å². The molecule has 0 atom stereocenters. The summed E-state index contributed by atoms with van der Waals surface area (Å²) in [5.41, 5.74) is 1.81.